The molecule has 0 saturated heterocycles. The Kier molecular flexibility index (Phi) is 5.34. The van der Waals surface area contributed by atoms with Gasteiger partial charge >= 0.3 is 0 Å². The molecule has 6 heteroatoms. The summed E-state index contributed by atoms with van der Waals surface area (Å²) in [5, 5.41) is 5.16. The second-order valence-corrected chi connectivity index (χ2v) is 5.57. The van der Waals surface area contributed by atoms with Gasteiger partial charge in [-0.1, -0.05) is 36.4 Å². The molecule has 0 radical (unpaired) electrons. The van der Waals surface area contributed by atoms with Crippen LogP contribution in [0, 0.1) is 5.82 Å². The summed E-state index contributed by atoms with van der Waals surface area (Å²) in [5.74, 6) is -1.34. The first kappa shape index (κ1) is 17.3. The smallest absolute Gasteiger partial charge is 0.274 e. The third-order valence-electron chi connectivity index (χ3n) is 3.60. The molecule has 2 amide bonds. The predicted octanol–water partition coefficient (Wildman–Crippen LogP) is 3.65. The van der Waals surface area contributed by atoms with Crippen molar-refractivity contribution in [2.24, 2.45) is 0 Å². The summed E-state index contributed by atoms with van der Waals surface area (Å²) in [6.45, 7) is 0. The molecule has 3 aromatic rings. The van der Waals surface area contributed by atoms with Crippen molar-refractivity contribution in [2.45, 2.75) is 6.42 Å². The van der Waals surface area contributed by atoms with Gasteiger partial charge in [0.05, 0.1) is 12.1 Å². The van der Waals surface area contributed by atoms with Crippen molar-refractivity contribution in [3.05, 3.63) is 90.0 Å². The molecule has 0 aliphatic rings. The maximum absolute atomic E-state index is 14.0. The number of benzene rings is 2. The van der Waals surface area contributed by atoms with Crippen LogP contribution in [0.25, 0.3) is 0 Å². The highest BCUT2D eigenvalue weighted by Crippen LogP contribution is 2.20. The number of hydrogen-bond acceptors (Lipinski definition) is 3. The summed E-state index contributed by atoms with van der Waals surface area (Å²) in [6.07, 6.45) is 1.64. The molecule has 0 unspecified atom stereocenters. The van der Waals surface area contributed by atoms with E-state index in [0.29, 0.717) is 5.69 Å². The van der Waals surface area contributed by atoms with Crippen LogP contribution in [0.4, 0.5) is 15.8 Å². The molecular formula is C20H16FN3O2. The molecule has 2 N–H and O–H groups in total. The Morgan fingerprint density at radius 1 is 0.923 bits per heavy atom. The van der Waals surface area contributed by atoms with E-state index < -0.39 is 11.7 Å². The van der Waals surface area contributed by atoms with Crippen molar-refractivity contribution < 1.29 is 14.0 Å². The molecule has 0 saturated carbocycles. The summed E-state index contributed by atoms with van der Waals surface area (Å²) in [7, 11) is 0. The normalized spacial score (nSPS) is 10.2. The quantitative estimate of drug-likeness (QED) is 0.738. The van der Waals surface area contributed by atoms with E-state index in [-0.39, 0.29) is 23.7 Å². The molecule has 2 aromatic carbocycles. The number of amides is 2. The molecule has 26 heavy (non-hydrogen) atoms. The first-order valence-corrected chi connectivity index (χ1v) is 7.97. The molecule has 130 valence electrons. The number of hydrogen-bond donors (Lipinski definition) is 2. The highest BCUT2D eigenvalue weighted by Gasteiger charge is 2.11. The van der Waals surface area contributed by atoms with Gasteiger partial charge in [-0.25, -0.2) is 4.39 Å². The lowest BCUT2D eigenvalue weighted by Crippen LogP contribution is -2.16. The van der Waals surface area contributed by atoms with Gasteiger partial charge in [0.2, 0.25) is 5.91 Å². The highest BCUT2D eigenvalue weighted by atomic mass is 19.1. The average molecular weight is 349 g/mol. The first-order chi connectivity index (χ1) is 12.6. The summed E-state index contributed by atoms with van der Waals surface area (Å²) in [6, 6.07) is 18.1. The molecule has 1 aromatic heterocycles. The van der Waals surface area contributed by atoms with Crippen LogP contribution in [-0.4, -0.2) is 16.8 Å². The zero-order valence-corrected chi connectivity index (χ0v) is 13.8. The van der Waals surface area contributed by atoms with E-state index in [4.69, 9.17) is 0 Å². The number of rotatable bonds is 5. The number of carbonyl (C=O) groups excluding carboxylic acids is 2. The molecular weight excluding hydrogens is 333 g/mol. The monoisotopic (exact) mass is 349 g/mol. The number of pyridine rings is 1. The Balaban J connectivity index is 1.69. The molecule has 5 nitrogen and oxygen atoms in total. The van der Waals surface area contributed by atoms with Gasteiger partial charge in [-0.2, -0.15) is 0 Å². The van der Waals surface area contributed by atoms with Crippen LogP contribution in [0.3, 0.4) is 0 Å². The highest BCUT2D eigenvalue weighted by molar-refractivity contribution is 6.03. The Bertz CT molecular complexity index is 915. The lowest BCUT2D eigenvalue weighted by atomic mass is 10.1. The van der Waals surface area contributed by atoms with Crippen molar-refractivity contribution in [1.29, 1.82) is 0 Å². The van der Waals surface area contributed by atoms with Crippen LogP contribution < -0.4 is 10.6 Å². The molecule has 1 heterocycles. The molecule has 0 bridgehead atoms. The van der Waals surface area contributed by atoms with Gasteiger partial charge < -0.3 is 10.6 Å². The van der Waals surface area contributed by atoms with E-state index in [0.717, 1.165) is 5.56 Å². The Morgan fingerprint density at radius 3 is 2.42 bits per heavy atom. The van der Waals surface area contributed by atoms with Crippen LogP contribution in [0.1, 0.15) is 16.1 Å². The molecule has 0 spiro atoms. The molecule has 0 aliphatic heterocycles. The maximum Gasteiger partial charge on any atom is 0.274 e. The maximum atomic E-state index is 14.0. The second-order valence-electron chi connectivity index (χ2n) is 5.57. The average Bonchev–Trinajstić information content (AvgIpc) is 2.66. The minimum Gasteiger partial charge on any atom is -0.323 e. The van der Waals surface area contributed by atoms with Gasteiger partial charge in [0.25, 0.3) is 5.91 Å². The fourth-order valence-electron chi connectivity index (χ4n) is 2.37. The third kappa shape index (κ3) is 4.51. The SMILES string of the molecule is O=C(Cc1ccccc1)Nc1cc(NC(=O)c2ccccn2)ccc1F. The largest absolute Gasteiger partial charge is 0.323 e. The number of nitrogens with one attached hydrogen (secondary N) is 2. The minimum absolute atomic E-state index is 0.00440. The number of aromatic nitrogens is 1. The molecule has 0 aliphatic carbocycles. The molecule has 3 rings (SSSR count). The van der Waals surface area contributed by atoms with E-state index in [1.807, 2.05) is 30.3 Å². The Labute approximate surface area is 149 Å². The van der Waals surface area contributed by atoms with Crippen LogP contribution in [0.5, 0.6) is 0 Å². The van der Waals surface area contributed by atoms with Crippen LogP contribution in [-0.2, 0) is 11.2 Å². The van der Waals surface area contributed by atoms with Gasteiger partial charge in [-0.05, 0) is 35.9 Å². The van der Waals surface area contributed by atoms with Gasteiger partial charge in [0.1, 0.15) is 11.5 Å². The van der Waals surface area contributed by atoms with Crippen LogP contribution >= 0.6 is 0 Å². The van der Waals surface area contributed by atoms with E-state index in [2.05, 4.69) is 15.6 Å². The second kappa shape index (κ2) is 8.02. The van der Waals surface area contributed by atoms with Gasteiger partial charge in [-0.3, -0.25) is 14.6 Å². The van der Waals surface area contributed by atoms with Crippen molar-refractivity contribution in [2.75, 3.05) is 10.6 Å². The van der Waals surface area contributed by atoms with E-state index in [1.54, 1.807) is 18.2 Å². The summed E-state index contributed by atoms with van der Waals surface area (Å²) < 4.78 is 14.0. The fourth-order valence-corrected chi connectivity index (χ4v) is 2.37. The zero-order chi connectivity index (χ0) is 18.4. The number of anilines is 2. The van der Waals surface area contributed by atoms with E-state index in [9.17, 15) is 14.0 Å². The Morgan fingerprint density at radius 2 is 1.69 bits per heavy atom. The lowest BCUT2D eigenvalue weighted by molar-refractivity contribution is -0.115. The van der Waals surface area contributed by atoms with Gasteiger partial charge in [0, 0.05) is 11.9 Å². The van der Waals surface area contributed by atoms with Crippen LogP contribution in [0.15, 0.2) is 72.9 Å². The van der Waals surface area contributed by atoms with Crippen molar-refractivity contribution in [3.63, 3.8) is 0 Å². The molecule has 0 atom stereocenters. The zero-order valence-electron chi connectivity index (χ0n) is 13.8. The number of nitrogens with zero attached hydrogens (tertiary/aromatic N) is 1. The van der Waals surface area contributed by atoms with E-state index in [1.165, 1.54) is 24.4 Å². The van der Waals surface area contributed by atoms with Crippen molar-refractivity contribution in [3.8, 4) is 0 Å². The topological polar surface area (TPSA) is 71.1 Å². The predicted molar refractivity (Wildman–Crippen MR) is 97.4 cm³/mol. The van der Waals surface area contributed by atoms with E-state index >= 15 is 0 Å². The van der Waals surface area contributed by atoms with Crippen molar-refractivity contribution >= 4 is 23.2 Å². The summed E-state index contributed by atoms with van der Waals surface area (Å²) in [4.78, 5) is 28.2. The number of carbonyl (C=O) groups is 2. The summed E-state index contributed by atoms with van der Waals surface area (Å²) >= 11 is 0. The first-order valence-electron chi connectivity index (χ1n) is 7.97. The van der Waals surface area contributed by atoms with Crippen molar-refractivity contribution in [1.82, 2.24) is 4.98 Å². The number of halogens is 1. The lowest BCUT2D eigenvalue weighted by Gasteiger charge is -2.10. The summed E-state index contributed by atoms with van der Waals surface area (Å²) in [5.41, 5.74) is 1.43. The molecule has 0 fully saturated rings. The Hall–Kier alpha value is -3.54. The fraction of sp³-hybridized carbons (Fsp3) is 0.0500. The van der Waals surface area contributed by atoms with Gasteiger partial charge in [-0.15, -0.1) is 0 Å². The van der Waals surface area contributed by atoms with Crippen LogP contribution in [0.2, 0.25) is 0 Å². The standard InChI is InChI=1S/C20H16FN3O2/c21-16-10-9-15(23-20(26)17-8-4-5-11-22-17)13-18(16)24-19(25)12-14-6-2-1-3-7-14/h1-11,13H,12H2,(H,23,26)(H,24,25). The third-order valence-corrected chi connectivity index (χ3v) is 3.60. The minimum atomic E-state index is -0.581. The van der Waals surface area contributed by atoms with Gasteiger partial charge in [0.15, 0.2) is 0 Å².